The SMILES string of the molecule is CC(=O)c1c(C)cc(C)c(Cn2cnc(-c3ccc([N+](=O)[O-])cc3)n2)c1C. The van der Waals surface area contributed by atoms with Gasteiger partial charge in [0.1, 0.15) is 6.33 Å². The molecule has 0 spiro atoms. The first-order valence-electron chi connectivity index (χ1n) is 8.52. The molecule has 7 nitrogen and oxygen atoms in total. The van der Waals surface area contributed by atoms with Crippen LogP contribution in [0.15, 0.2) is 36.7 Å². The van der Waals surface area contributed by atoms with Crippen molar-refractivity contribution < 1.29 is 9.72 Å². The quantitative estimate of drug-likeness (QED) is 0.387. The number of hydrogen-bond donors (Lipinski definition) is 0. The molecule has 1 aromatic heterocycles. The molecule has 0 aliphatic carbocycles. The summed E-state index contributed by atoms with van der Waals surface area (Å²) in [5.74, 6) is 0.551. The first-order chi connectivity index (χ1) is 12.8. The van der Waals surface area contributed by atoms with Crippen LogP contribution < -0.4 is 0 Å². The van der Waals surface area contributed by atoms with Gasteiger partial charge >= 0.3 is 0 Å². The molecule has 0 amide bonds. The van der Waals surface area contributed by atoms with Crippen LogP contribution in [0.25, 0.3) is 11.4 Å². The van der Waals surface area contributed by atoms with Gasteiger partial charge in [-0.1, -0.05) is 6.07 Å². The van der Waals surface area contributed by atoms with Crippen LogP contribution >= 0.6 is 0 Å². The van der Waals surface area contributed by atoms with Crippen molar-refractivity contribution in [3.8, 4) is 11.4 Å². The van der Waals surface area contributed by atoms with Crippen molar-refractivity contribution in [2.45, 2.75) is 34.2 Å². The number of hydrogen-bond acceptors (Lipinski definition) is 5. The molecular formula is C20H20N4O3. The molecule has 0 aliphatic rings. The fourth-order valence-electron chi connectivity index (χ4n) is 3.41. The minimum atomic E-state index is -0.439. The highest BCUT2D eigenvalue weighted by molar-refractivity contribution is 5.97. The van der Waals surface area contributed by atoms with Gasteiger partial charge in [0.05, 0.1) is 11.5 Å². The molecular weight excluding hydrogens is 344 g/mol. The first kappa shape index (κ1) is 18.4. The Balaban J connectivity index is 1.91. The van der Waals surface area contributed by atoms with Gasteiger partial charge in [-0.3, -0.25) is 14.9 Å². The third-order valence-electron chi connectivity index (χ3n) is 4.68. The topological polar surface area (TPSA) is 90.9 Å². The van der Waals surface area contributed by atoms with Gasteiger partial charge in [0.25, 0.3) is 5.69 Å². The fraction of sp³-hybridized carbons (Fsp3) is 0.250. The highest BCUT2D eigenvalue weighted by Crippen LogP contribution is 2.24. The molecule has 2 aromatic carbocycles. The van der Waals surface area contributed by atoms with Gasteiger partial charge in [-0.15, -0.1) is 0 Å². The molecule has 0 radical (unpaired) electrons. The van der Waals surface area contributed by atoms with Crippen molar-refractivity contribution in [1.29, 1.82) is 0 Å². The van der Waals surface area contributed by atoms with Crippen molar-refractivity contribution in [3.63, 3.8) is 0 Å². The Morgan fingerprint density at radius 1 is 1.15 bits per heavy atom. The van der Waals surface area contributed by atoms with Crippen LogP contribution in [0.2, 0.25) is 0 Å². The van der Waals surface area contributed by atoms with E-state index < -0.39 is 4.92 Å². The highest BCUT2D eigenvalue weighted by Gasteiger charge is 2.15. The van der Waals surface area contributed by atoms with Gasteiger partial charge in [-0.25, -0.2) is 9.67 Å². The van der Waals surface area contributed by atoms with Gasteiger partial charge in [0, 0.05) is 23.3 Å². The Morgan fingerprint density at radius 3 is 2.41 bits per heavy atom. The van der Waals surface area contributed by atoms with Crippen molar-refractivity contribution in [2.24, 2.45) is 0 Å². The molecule has 3 aromatic rings. The number of nitro groups is 1. The van der Waals surface area contributed by atoms with Gasteiger partial charge in [-0.05, 0) is 62.1 Å². The van der Waals surface area contributed by atoms with E-state index in [1.54, 1.807) is 30.1 Å². The monoisotopic (exact) mass is 364 g/mol. The molecule has 27 heavy (non-hydrogen) atoms. The summed E-state index contributed by atoms with van der Waals surface area (Å²) in [5, 5.41) is 15.2. The summed E-state index contributed by atoms with van der Waals surface area (Å²) >= 11 is 0. The van der Waals surface area contributed by atoms with E-state index >= 15 is 0 Å². The van der Waals surface area contributed by atoms with E-state index in [0.717, 1.165) is 27.8 Å². The van der Waals surface area contributed by atoms with Crippen LogP contribution in [0.4, 0.5) is 5.69 Å². The number of ketones is 1. The predicted molar refractivity (Wildman–Crippen MR) is 102 cm³/mol. The fourth-order valence-corrected chi connectivity index (χ4v) is 3.41. The number of aromatic nitrogens is 3. The Labute approximate surface area is 156 Å². The van der Waals surface area contributed by atoms with Gasteiger partial charge in [0.2, 0.25) is 0 Å². The molecule has 0 saturated heterocycles. The smallest absolute Gasteiger partial charge is 0.269 e. The van der Waals surface area contributed by atoms with E-state index in [-0.39, 0.29) is 11.5 Å². The number of Topliss-reactive ketones (excluding diaryl/α,β-unsaturated/α-hetero) is 1. The second-order valence-corrected chi connectivity index (χ2v) is 6.61. The minimum absolute atomic E-state index is 0.0286. The number of nitrogens with zero attached hydrogens (tertiary/aromatic N) is 4. The zero-order valence-corrected chi connectivity index (χ0v) is 15.7. The Morgan fingerprint density at radius 2 is 1.81 bits per heavy atom. The van der Waals surface area contributed by atoms with Gasteiger partial charge < -0.3 is 0 Å². The maximum absolute atomic E-state index is 12.0. The molecule has 7 heteroatoms. The van der Waals surface area contributed by atoms with E-state index in [2.05, 4.69) is 10.1 Å². The summed E-state index contributed by atoms with van der Waals surface area (Å²) in [6.07, 6.45) is 1.63. The number of carbonyl (C=O) groups excluding carboxylic acids is 1. The van der Waals surface area contributed by atoms with Crippen molar-refractivity contribution >= 4 is 11.5 Å². The van der Waals surface area contributed by atoms with E-state index in [1.807, 2.05) is 26.8 Å². The Bertz CT molecular complexity index is 1040. The van der Waals surface area contributed by atoms with Gasteiger partial charge in [0.15, 0.2) is 11.6 Å². The minimum Gasteiger partial charge on any atom is -0.294 e. The molecule has 1 heterocycles. The maximum Gasteiger partial charge on any atom is 0.269 e. The average molecular weight is 364 g/mol. The lowest BCUT2D eigenvalue weighted by Gasteiger charge is -2.15. The van der Waals surface area contributed by atoms with E-state index in [4.69, 9.17) is 0 Å². The molecule has 0 unspecified atom stereocenters. The molecule has 0 fully saturated rings. The van der Waals surface area contributed by atoms with Crippen LogP contribution in [0.5, 0.6) is 0 Å². The predicted octanol–water partition coefficient (Wildman–Crippen LogP) is 4.03. The Hall–Kier alpha value is -3.35. The molecule has 0 N–H and O–H groups in total. The summed E-state index contributed by atoms with van der Waals surface area (Å²) in [5.41, 5.74) is 5.58. The van der Waals surface area contributed by atoms with E-state index in [0.29, 0.717) is 17.9 Å². The molecule has 0 atom stereocenters. The lowest BCUT2D eigenvalue weighted by Crippen LogP contribution is -2.10. The largest absolute Gasteiger partial charge is 0.294 e. The zero-order valence-electron chi connectivity index (χ0n) is 15.7. The molecule has 0 saturated carbocycles. The number of aryl methyl sites for hydroxylation is 2. The number of benzene rings is 2. The number of rotatable bonds is 5. The zero-order chi connectivity index (χ0) is 19.7. The lowest BCUT2D eigenvalue weighted by atomic mass is 9.91. The molecule has 0 aliphatic heterocycles. The van der Waals surface area contributed by atoms with E-state index in [9.17, 15) is 14.9 Å². The summed E-state index contributed by atoms with van der Waals surface area (Å²) in [6, 6.07) is 8.15. The van der Waals surface area contributed by atoms with Crippen LogP contribution in [0.1, 0.15) is 39.5 Å². The van der Waals surface area contributed by atoms with Crippen LogP contribution in [0.3, 0.4) is 0 Å². The second-order valence-electron chi connectivity index (χ2n) is 6.61. The van der Waals surface area contributed by atoms with E-state index in [1.165, 1.54) is 12.1 Å². The first-order valence-corrected chi connectivity index (χ1v) is 8.52. The van der Waals surface area contributed by atoms with Crippen LogP contribution in [-0.4, -0.2) is 25.5 Å². The number of carbonyl (C=O) groups is 1. The Kier molecular flexibility index (Phi) is 4.85. The third-order valence-corrected chi connectivity index (χ3v) is 4.68. The number of non-ortho nitro benzene ring substituents is 1. The molecule has 138 valence electrons. The third kappa shape index (κ3) is 3.62. The second kappa shape index (κ2) is 7.11. The maximum atomic E-state index is 12.0. The molecule has 3 rings (SSSR count). The summed E-state index contributed by atoms with van der Waals surface area (Å²) in [6.45, 7) is 8.01. The van der Waals surface area contributed by atoms with Crippen molar-refractivity contribution in [2.75, 3.05) is 0 Å². The van der Waals surface area contributed by atoms with Crippen molar-refractivity contribution in [3.05, 3.63) is 74.6 Å². The number of nitro benzene ring substituents is 1. The standard InChI is InChI=1S/C20H20N4O3/c1-12-9-13(2)19(15(4)25)14(3)18(12)10-23-11-21-20(22-23)16-5-7-17(8-6-16)24(26)27/h5-9,11H,10H2,1-4H3. The normalized spacial score (nSPS) is 10.8. The summed E-state index contributed by atoms with van der Waals surface area (Å²) in [7, 11) is 0. The lowest BCUT2D eigenvalue weighted by molar-refractivity contribution is -0.384. The molecule has 0 bridgehead atoms. The van der Waals surface area contributed by atoms with Crippen molar-refractivity contribution in [1.82, 2.24) is 14.8 Å². The summed E-state index contributed by atoms with van der Waals surface area (Å²) < 4.78 is 1.71. The highest BCUT2D eigenvalue weighted by atomic mass is 16.6. The average Bonchev–Trinajstić information content (AvgIpc) is 3.07. The van der Waals surface area contributed by atoms with Gasteiger partial charge in [-0.2, -0.15) is 5.10 Å². The summed E-state index contributed by atoms with van der Waals surface area (Å²) in [4.78, 5) is 26.6. The van der Waals surface area contributed by atoms with Crippen LogP contribution in [0, 0.1) is 30.9 Å². The van der Waals surface area contributed by atoms with Crippen LogP contribution in [-0.2, 0) is 6.54 Å².